The van der Waals surface area contributed by atoms with E-state index in [0.717, 1.165) is 23.9 Å². The zero-order chi connectivity index (χ0) is 18.5. The van der Waals surface area contributed by atoms with Crippen molar-refractivity contribution >= 4 is 29.2 Å². The molecular weight excluding hydrogens is 368 g/mol. The average Bonchev–Trinajstić information content (AvgIpc) is 2.73. The molecule has 9 heteroatoms. The fourth-order valence-corrected chi connectivity index (χ4v) is 3.49. The van der Waals surface area contributed by atoms with E-state index in [9.17, 15) is 4.79 Å². The van der Waals surface area contributed by atoms with Gasteiger partial charge < -0.3 is 24.4 Å². The molecule has 0 unspecified atom stereocenters. The van der Waals surface area contributed by atoms with Crippen molar-refractivity contribution < 1.29 is 19.0 Å². The lowest BCUT2D eigenvalue weighted by atomic mass is 10.2. The molecule has 4 rings (SSSR count). The van der Waals surface area contributed by atoms with Gasteiger partial charge in [-0.05, 0) is 12.1 Å². The largest absolute Gasteiger partial charge is 0.486 e. The van der Waals surface area contributed by atoms with Gasteiger partial charge in [-0.3, -0.25) is 4.79 Å². The molecule has 1 N–H and O–H groups in total. The Hall–Kier alpha value is -2.52. The SMILES string of the molecule is O=C(CSc1cc(N2CCOCC2)ncn1)Nc1ccc2c(c1)OCCO2. The summed E-state index contributed by atoms with van der Waals surface area (Å²) in [4.78, 5) is 23.0. The summed E-state index contributed by atoms with van der Waals surface area (Å²) in [6.45, 7) is 4.08. The molecule has 0 aliphatic carbocycles. The number of carbonyl (C=O) groups is 1. The molecule has 1 aromatic carbocycles. The van der Waals surface area contributed by atoms with Crippen molar-refractivity contribution in [3.63, 3.8) is 0 Å². The number of carbonyl (C=O) groups excluding carboxylic acids is 1. The number of aromatic nitrogens is 2. The van der Waals surface area contributed by atoms with Gasteiger partial charge in [0.15, 0.2) is 11.5 Å². The van der Waals surface area contributed by atoms with Gasteiger partial charge in [-0.25, -0.2) is 9.97 Å². The van der Waals surface area contributed by atoms with Crippen molar-refractivity contribution in [2.75, 3.05) is 55.5 Å². The summed E-state index contributed by atoms with van der Waals surface area (Å²) in [5.41, 5.74) is 0.682. The van der Waals surface area contributed by atoms with Gasteiger partial charge >= 0.3 is 0 Å². The Morgan fingerprint density at radius 1 is 1.07 bits per heavy atom. The van der Waals surface area contributed by atoms with E-state index >= 15 is 0 Å². The Balaban J connectivity index is 1.32. The molecule has 1 amide bonds. The monoisotopic (exact) mass is 388 g/mol. The number of rotatable bonds is 5. The van der Waals surface area contributed by atoms with Gasteiger partial charge in [0.1, 0.15) is 30.4 Å². The van der Waals surface area contributed by atoms with Gasteiger partial charge in [-0.15, -0.1) is 0 Å². The number of benzene rings is 1. The number of nitrogens with zero attached hydrogens (tertiary/aromatic N) is 3. The highest BCUT2D eigenvalue weighted by atomic mass is 32.2. The number of morpholine rings is 1. The van der Waals surface area contributed by atoms with Crippen LogP contribution in [-0.4, -0.2) is 61.1 Å². The van der Waals surface area contributed by atoms with E-state index in [-0.39, 0.29) is 11.7 Å². The van der Waals surface area contributed by atoms with E-state index in [1.807, 2.05) is 6.07 Å². The number of hydrogen-bond acceptors (Lipinski definition) is 8. The van der Waals surface area contributed by atoms with Crippen LogP contribution in [-0.2, 0) is 9.53 Å². The Morgan fingerprint density at radius 2 is 1.89 bits per heavy atom. The summed E-state index contributed by atoms with van der Waals surface area (Å²) < 4.78 is 16.4. The fraction of sp³-hybridized carbons (Fsp3) is 0.389. The Labute approximate surface area is 161 Å². The van der Waals surface area contributed by atoms with Crippen LogP contribution in [0.15, 0.2) is 35.6 Å². The zero-order valence-corrected chi connectivity index (χ0v) is 15.5. The third kappa shape index (κ3) is 4.61. The molecule has 2 aliphatic heterocycles. The second-order valence-corrected chi connectivity index (χ2v) is 7.00. The molecule has 0 spiro atoms. The summed E-state index contributed by atoms with van der Waals surface area (Å²) in [7, 11) is 0. The third-order valence-corrected chi connectivity index (χ3v) is 5.07. The van der Waals surface area contributed by atoms with Crippen LogP contribution in [0.3, 0.4) is 0 Å². The lowest BCUT2D eigenvalue weighted by Gasteiger charge is -2.27. The summed E-state index contributed by atoms with van der Waals surface area (Å²) in [5, 5.41) is 3.64. The van der Waals surface area contributed by atoms with Crippen molar-refractivity contribution in [1.82, 2.24) is 9.97 Å². The smallest absolute Gasteiger partial charge is 0.234 e. The minimum atomic E-state index is -0.108. The topological polar surface area (TPSA) is 85.8 Å². The maximum Gasteiger partial charge on any atom is 0.234 e. The van der Waals surface area contributed by atoms with E-state index in [4.69, 9.17) is 14.2 Å². The molecule has 2 aliphatic rings. The van der Waals surface area contributed by atoms with Crippen LogP contribution in [0.5, 0.6) is 11.5 Å². The molecule has 0 atom stereocenters. The van der Waals surface area contributed by atoms with Crippen molar-refractivity contribution in [2.24, 2.45) is 0 Å². The highest BCUT2D eigenvalue weighted by Gasteiger charge is 2.15. The second-order valence-electron chi connectivity index (χ2n) is 6.01. The lowest BCUT2D eigenvalue weighted by molar-refractivity contribution is -0.113. The molecule has 2 aromatic rings. The second kappa shape index (κ2) is 8.45. The van der Waals surface area contributed by atoms with E-state index in [2.05, 4.69) is 20.2 Å². The first-order chi connectivity index (χ1) is 13.3. The number of fused-ring (bicyclic) bond motifs is 1. The van der Waals surface area contributed by atoms with E-state index < -0.39 is 0 Å². The van der Waals surface area contributed by atoms with Gasteiger partial charge in [-0.1, -0.05) is 11.8 Å². The van der Waals surface area contributed by atoms with E-state index in [1.54, 1.807) is 18.2 Å². The van der Waals surface area contributed by atoms with Crippen molar-refractivity contribution in [1.29, 1.82) is 0 Å². The van der Waals surface area contributed by atoms with Crippen LogP contribution in [0.25, 0.3) is 0 Å². The summed E-state index contributed by atoms with van der Waals surface area (Å²) in [6.07, 6.45) is 1.53. The lowest BCUT2D eigenvalue weighted by Crippen LogP contribution is -2.36. The Bertz CT molecular complexity index is 814. The highest BCUT2D eigenvalue weighted by Crippen LogP contribution is 2.32. The molecule has 1 aromatic heterocycles. The summed E-state index contributed by atoms with van der Waals surface area (Å²) >= 11 is 1.38. The molecule has 0 bridgehead atoms. The first kappa shape index (κ1) is 17.9. The maximum atomic E-state index is 12.3. The maximum absolute atomic E-state index is 12.3. The molecule has 142 valence electrons. The molecule has 1 fully saturated rings. The van der Waals surface area contributed by atoms with Crippen LogP contribution in [0.2, 0.25) is 0 Å². The average molecular weight is 388 g/mol. The van der Waals surface area contributed by atoms with Crippen molar-refractivity contribution in [3.05, 3.63) is 30.6 Å². The van der Waals surface area contributed by atoms with Gasteiger partial charge in [-0.2, -0.15) is 0 Å². The number of ether oxygens (including phenoxy) is 3. The van der Waals surface area contributed by atoms with Gasteiger partial charge in [0.25, 0.3) is 0 Å². The molecule has 0 radical (unpaired) electrons. The predicted octanol–water partition coefficient (Wildman–Crippen LogP) is 1.82. The normalized spacial score (nSPS) is 16.1. The van der Waals surface area contributed by atoms with Crippen LogP contribution in [0.1, 0.15) is 0 Å². The highest BCUT2D eigenvalue weighted by molar-refractivity contribution is 7.99. The predicted molar refractivity (Wildman–Crippen MR) is 102 cm³/mol. The molecule has 8 nitrogen and oxygen atoms in total. The number of hydrogen-bond donors (Lipinski definition) is 1. The first-order valence-electron chi connectivity index (χ1n) is 8.75. The van der Waals surface area contributed by atoms with Crippen LogP contribution < -0.4 is 19.7 Å². The fourth-order valence-electron chi connectivity index (χ4n) is 2.83. The molecular formula is C18H20N4O4S. The molecule has 0 saturated carbocycles. The third-order valence-electron chi connectivity index (χ3n) is 4.14. The number of anilines is 2. The minimum absolute atomic E-state index is 0.108. The van der Waals surface area contributed by atoms with Gasteiger partial charge in [0.2, 0.25) is 5.91 Å². The minimum Gasteiger partial charge on any atom is -0.486 e. The number of amides is 1. The van der Waals surface area contributed by atoms with Gasteiger partial charge in [0, 0.05) is 30.9 Å². The zero-order valence-electron chi connectivity index (χ0n) is 14.7. The van der Waals surface area contributed by atoms with E-state index in [1.165, 1.54) is 18.1 Å². The molecule has 1 saturated heterocycles. The molecule has 27 heavy (non-hydrogen) atoms. The standard InChI is InChI=1S/C18H20N4O4S/c23-17(21-13-1-2-14-15(9-13)26-8-7-25-14)11-27-18-10-16(19-12-20-18)22-3-5-24-6-4-22/h1-2,9-10,12H,3-8,11H2,(H,21,23). The van der Waals surface area contributed by atoms with E-state index in [0.29, 0.717) is 43.6 Å². The summed E-state index contributed by atoms with van der Waals surface area (Å²) in [6, 6.07) is 7.29. The van der Waals surface area contributed by atoms with Crippen molar-refractivity contribution in [2.45, 2.75) is 5.03 Å². The van der Waals surface area contributed by atoms with Crippen LogP contribution >= 0.6 is 11.8 Å². The Morgan fingerprint density at radius 3 is 2.74 bits per heavy atom. The van der Waals surface area contributed by atoms with Crippen molar-refractivity contribution in [3.8, 4) is 11.5 Å². The Kier molecular flexibility index (Phi) is 5.59. The first-order valence-corrected chi connectivity index (χ1v) is 9.73. The summed E-state index contributed by atoms with van der Waals surface area (Å²) in [5.74, 6) is 2.36. The van der Waals surface area contributed by atoms with Gasteiger partial charge in [0.05, 0.1) is 19.0 Å². The quantitative estimate of drug-likeness (QED) is 0.613. The van der Waals surface area contributed by atoms with Crippen LogP contribution in [0.4, 0.5) is 11.5 Å². The van der Waals surface area contributed by atoms with Crippen LogP contribution in [0, 0.1) is 0 Å². The number of thioether (sulfide) groups is 1. The molecule has 3 heterocycles. The number of nitrogens with one attached hydrogen (secondary N) is 1.